The van der Waals surface area contributed by atoms with Gasteiger partial charge >= 0.3 is 0 Å². The normalized spacial score (nSPS) is 23.2. The van der Waals surface area contributed by atoms with E-state index >= 15 is 0 Å². The maximum absolute atomic E-state index is 11.8. The standard InChI is InChI=1S/C12H16N2O4S/c15-12(14-7-9-4-2-1-3-5-9)11-6-10(8-13-11)19(16,17)18/h1-5,10-11,13H,6-8H2,(H,14,15)(H,16,17,18)/t10-,11-/m0/s1. The van der Waals surface area contributed by atoms with Gasteiger partial charge < -0.3 is 10.6 Å². The first kappa shape index (κ1) is 14.0. The van der Waals surface area contributed by atoms with E-state index in [4.69, 9.17) is 4.55 Å². The summed E-state index contributed by atoms with van der Waals surface area (Å²) in [6.07, 6.45) is 0.0967. The summed E-state index contributed by atoms with van der Waals surface area (Å²) >= 11 is 0. The van der Waals surface area contributed by atoms with Crippen LogP contribution >= 0.6 is 0 Å². The first-order valence-corrected chi connectivity index (χ1v) is 7.48. The Morgan fingerprint density at radius 1 is 1.37 bits per heavy atom. The third-order valence-corrected chi connectivity index (χ3v) is 4.34. The highest BCUT2D eigenvalue weighted by Crippen LogP contribution is 2.14. The molecule has 0 radical (unpaired) electrons. The Balaban J connectivity index is 1.85. The summed E-state index contributed by atoms with van der Waals surface area (Å²) < 4.78 is 30.9. The number of nitrogens with one attached hydrogen (secondary N) is 2. The Hall–Kier alpha value is -1.44. The van der Waals surface area contributed by atoms with Crippen molar-refractivity contribution in [3.05, 3.63) is 35.9 Å². The minimum Gasteiger partial charge on any atom is -0.351 e. The van der Waals surface area contributed by atoms with Crippen LogP contribution in [0.25, 0.3) is 0 Å². The van der Waals surface area contributed by atoms with Crippen LogP contribution in [0.5, 0.6) is 0 Å². The van der Waals surface area contributed by atoms with E-state index in [-0.39, 0.29) is 18.9 Å². The van der Waals surface area contributed by atoms with Gasteiger partial charge in [-0.05, 0) is 12.0 Å². The van der Waals surface area contributed by atoms with Gasteiger partial charge in [0.25, 0.3) is 10.1 Å². The average Bonchev–Trinajstić information content (AvgIpc) is 2.87. The molecule has 19 heavy (non-hydrogen) atoms. The van der Waals surface area contributed by atoms with Crippen LogP contribution in [-0.4, -0.2) is 36.7 Å². The molecule has 0 saturated carbocycles. The zero-order valence-corrected chi connectivity index (χ0v) is 11.1. The molecule has 1 aliphatic rings. The second kappa shape index (κ2) is 5.68. The van der Waals surface area contributed by atoms with Crippen molar-refractivity contribution in [2.24, 2.45) is 0 Å². The zero-order chi connectivity index (χ0) is 13.9. The van der Waals surface area contributed by atoms with E-state index in [0.717, 1.165) is 5.56 Å². The lowest BCUT2D eigenvalue weighted by Crippen LogP contribution is -2.39. The Labute approximate surface area is 112 Å². The van der Waals surface area contributed by atoms with E-state index in [1.807, 2.05) is 30.3 Å². The van der Waals surface area contributed by atoms with Crippen LogP contribution in [0.1, 0.15) is 12.0 Å². The number of carbonyl (C=O) groups excluding carboxylic acids is 1. The SMILES string of the molecule is O=C(NCc1ccccc1)[C@@H]1C[C@H](S(=O)(=O)O)CN1. The van der Waals surface area contributed by atoms with Gasteiger partial charge in [-0.25, -0.2) is 0 Å². The molecule has 0 aliphatic carbocycles. The second-order valence-corrected chi connectivity index (χ2v) is 6.23. The fraction of sp³-hybridized carbons (Fsp3) is 0.417. The third kappa shape index (κ3) is 3.76. The van der Waals surface area contributed by atoms with Gasteiger partial charge in [-0.1, -0.05) is 30.3 Å². The summed E-state index contributed by atoms with van der Waals surface area (Å²) in [6.45, 7) is 0.497. The van der Waals surface area contributed by atoms with Gasteiger partial charge in [-0.3, -0.25) is 9.35 Å². The molecule has 1 aromatic carbocycles. The van der Waals surface area contributed by atoms with Crippen LogP contribution in [0, 0.1) is 0 Å². The van der Waals surface area contributed by atoms with Crippen molar-refractivity contribution in [2.45, 2.75) is 24.3 Å². The predicted octanol–water partition coefficient (Wildman–Crippen LogP) is -0.0789. The molecule has 2 atom stereocenters. The van der Waals surface area contributed by atoms with Gasteiger partial charge in [-0.2, -0.15) is 8.42 Å². The van der Waals surface area contributed by atoms with Crippen LogP contribution in [0.2, 0.25) is 0 Å². The van der Waals surface area contributed by atoms with Crippen molar-refractivity contribution in [3.8, 4) is 0 Å². The molecule has 3 N–H and O–H groups in total. The molecule has 1 saturated heterocycles. The lowest BCUT2D eigenvalue weighted by molar-refractivity contribution is -0.122. The number of benzene rings is 1. The monoisotopic (exact) mass is 284 g/mol. The predicted molar refractivity (Wildman–Crippen MR) is 70.0 cm³/mol. The molecule has 7 heteroatoms. The largest absolute Gasteiger partial charge is 0.351 e. The average molecular weight is 284 g/mol. The highest BCUT2D eigenvalue weighted by Gasteiger charge is 2.36. The molecule has 1 amide bonds. The van der Waals surface area contributed by atoms with Crippen molar-refractivity contribution < 1.29 is 17.8 Å². The van der Waals surface area contributed by atoms with Crippen LogP contribution < -0.4 is 10.6 Å². The summed E-state index contributed by atoms with van der Waals surface area (Å²) in [5.74, 6) is -0.255. The first-order chi connectivity index (χ1) is 8.97. The highest BCUT2D eigenvalue weighted by molar-refractivity contribution is 7.86. The molecule has 1 aromatic rings. The van der Waals surface area contributed by atoms with E-state index in [1.54, 1.807) is 0 Å². The minimum absolute atomic E-state index is 0.0967. The van der Waals surface area contributed by atoms with Crippen LogP contribution in [0.15, 0.2) is 30.3 Å². The number of rotatable bonds is 4. The van der Waals surface area contributed by atoms with Crippen LogP contribution in [0.3, 0.4) is 0 Å². The van der Waals surface area contributed by atoms with E-state index in [1.165, 1.54) is 0 Å². The maximum atomic E-state index is 11.8. The Bertz CT molecular complexity index is 544. The minimum atomic E-state index is -4.08. The first-order valence-electron chi connectivity index (χ1n) is 5.98. The van der Waals surface area contributed by atoms with Crippen molar-refractivity contribution >= 4 is 16.0 Å². The van der Waals surface area contributed by atoms with Crippen molar-refractivity contribution in [1.29, 1.82) is 0 Å². The number of amides is 1. The smallest absolute Gasteiger partial charge is 0.269 e. The number of hydrogen-bond donors (Lipinski definition) is 3. The molecule has 1 aliphatic heterocycles. The summed E-state index contributed by atoms with van der Waals surface area (Å²) in [7, 11) is -4.08. The lowest BCUT2D eigenvalue weighted by atomic mass is 10.2. The maximum Gasteiger partial charge on any atom is 0.269 e. The molecule has 0 spiro atoms. The van der Waals surface area contributed by atoms with Crippen LogP contribution in [-0.2, 0) is 21.5 Å². The van der Waals surface area contributed by atoms with Crippen molar-refractivity contribution in [1.82, 2.24) is 10.6 Å². The number of hydrogen-bond acceptors (Lipinski definition) is 4. The molecule has 2 rings (SSSR count). The summed E-state index contributed by atoms with van der Waals surface area (Å²) in [5, 5.41) is 4.63. The van der Waals surface area contributed by atoms with Crippen molar-refractivity contribution in [3.63, 3.8) is 0 Å². The molecular formula is C12H16N2O4S. The fourth-order valence-electron chi connectivity index (χ4n) is 2.04. The quantitative estimate of drug-likeness (QED) is 0.672. The lowest BCUT2D eigenvalue weighted by Gasteiger charge is -2.11. The van der Waals surface area contributed by atoms with E-state index in [0.29, 0.717) is 6.54 Å². The van der Waals surface area contributed by atoms with Gasteiger partial charge in [0.05, 0.1) is 6.04 Å². The second-order valence-electron chi connectivity index (χ2n) is 4.54. The zero-order valence-electron chi connectivity index (χ0n) is 10.2. The number of carbonyl (C=O) groups is 1. The summed E-state index contributed by atoms with van der Waals surface area (Å²) in [5.41, 5.74) is 0.972. The molecule has 104 valence electrons. The molecule has 6 nitrogen and oxygen atoms in total. The molecule has 1 heterocycles. The van der Waals surface area contributed by atoms with Gasteiger partial charge in [0, 0.05) is 13.1 Å². The highest BCUT2D eigenvalue weighted by atomic mass is 32.2. The summed E-state index contributed by atoms with van der Waals surface area (Å²) in [4.78, 5) is 11.8. The van der Waals surface area contributed by atoms with Gasteiger partial charge in [0.1, 0.15) is 5.25 Å². The molecule has 0 bridgehead atoms. The Kier molecular flexibility index (Phi) is 4.18. The van der Waals surface area contributed by atoms with Gasteiger partial charge in [0.15, 0.2) is 0 Å². The molecular weight excluding hydrogens is 268 g/mol. The van der Waals surface area contributed by atoms with E-state index in [9.17, 15) is 13.2 Å². The third-order valence-electron chi connectivity index (χ3n) is 3.14. The van der Waals surface area contributed by atoms with Crippen molar-refractivity contribution in [2.75, 3.05) is 6.54 Å². The van der Waals surface area contributed by atoms with E-state index < -0.39 is 21.4 Å². The molecule has 1 fully saturated rings. The summed E-state index contributed by atoms with van der Waals surface area (Å²) in [6, 6.07) is 8.86. The van der Waals surface area contributed by atoms with E-state index in [2.05, 4.69) is 10.6 Å². The fourth-order valence-corrected chi connectivity index (χ4v) is 2.78. The topological polar surface area (TPSA) is 95.5 Å². The molecule has 0 unspecified atom stereocenters. The van der Waals surface area contributed by atoms with Gasteiger partial charge in [-0.15, -0.1) is 0 Å². The molecule has 0 aromatic heterocycles. The Morgan fingerprint density at radius 3 is 2.63 bits per heavy atom. The van der Waals surface area contributed by atoms with Gasteiger partial charge in [0.2, 0.25) is 5.91 Å². The Morgan fingerprint density at radius 2 is 2.05 bits per heavy atom. The van der Waals surface area contributed by atoms with Crippen LogP contribution in [0.4, 0.5) is 0 Å².